The van der Waals surface area contributed by atoms with Crippen LogP contribution < -0.4 is 11.0 Å². The summed E-state index contributed by atoms with van der Waals surface area (Å²) in [6.45, 7) is 2.36. The van der Waals surface area contributed by atoms with Crippen LogP contribution in [0.2, 0.25) is 5.02 Å². The van der Waals surface area contributed by atoms with Crippen molar-refractivity contribution in [2.75, 3.05) is 7.11 Å². The van der Waals surface area contributed by atoms with Gasteiger partial charge in [0, 0.05) is 24.8 Å². The number of nitrogens with zero attached hydrogens (tertiary/aromatic N) is 4. The van der Waals surface area contributed by atoms with Gasteiger partial charge in [0.2, 0.25) is 0 Å². The third-order valence-electron chi connectivity index (χ3n) is 7.85. The normalized spacial score (nSPS) is 17.1. The molecule has 41 heavy (non-hydrogen) atoms. The molecule has 0 atom stereocenters. The number of nitrogens with one attached hydrogen (secondary N) is 1. The second kappa shape index (κ2) is 10.9. The van der Waals surface area contributed by atoms with Gasteiger partial charge in [-0.05, 0) is 68.9 Å². The van der Waals surface area contributed by atoms with Gasteiger partial charge in [0.05, 0.1) is 45.5 Å². The van der Waals surface area contributed by atoms with Gasteiger partial charge in [0.25, 0.3) is 5.91 Å². The van der Waals surface area contributed by atoms with Crippen LogP contribution in [-0.2, 0) is 11.3 Å². The molecule has 0 radical (unpaired) electrons. The van der Waals surface area contributed by atoms with Gasteiger partial charge >= 0.3 is 11.7 Å². The predicted octanol–water partition coefficient (Wildman–Crippen LogP) is 5.07. The third-order valence-corrected chi connectivity index (χ3v) is 8.06. The van der Waals surface area contributed by atoms with E-state index in [2.05, 4.69) is 15.5 Å². The lowest BCUT2D eigenvalue weighted by Gasteiger charge is -2.29. The molecule has 11 heteroatoms. The molecular formula is C30H28ClN5O5. The number of halogens is 1. The van der Waals surface area contributed by atoms with Gasteiger partial charge in [-0.25, -0.2) is 9.59 Å². The van der Waals surface area contributed by atoms with Crippen LogP contribution in [0.4, 0.5) is 0 Å². The number of pyridine rings is 1. The highest BCUT2D eigenvalue weighted by Crippen LogP contribution is 2.29. The van der Waals surface area contributed by atoms with Crippen LogP contribution in [0, 0.1) is 12.8 Å². The molecular weight excluding hydrogens is 546 g/mol. The van der Waals surface area contributed by atoms with Crippen molar-refractivity contribution in [3.8, 4) is 5.69 Å². The lowest BCUT2D eigenvalue weighted by atomic mass is 9.85. The molecule has 3 aromatic heterocycles. The zero-order valence-corrected chi connectivity index (χ0v) is 23.4. The van der Waals surface area contributed by atoms with Crippen molar-refractivity contribution in [1.82, 2.24) is 24.6 Å². The fourth-order valence-electron chi connectivity index (χ4n) is 5.69. The summed E-state index contributed by atoms with van der Waals surface area (Å²) in [5.41, 5.74) is 3.68. The van der Waals surface area contributed by atoms with E-state index in [9.17, 15) is 14.4 Å². The fourth-order valence-corrected chi connectivity index (χ4v) is 5.85. The van der Waals surface area contributed by atoms with Crippen LogP contribution in [0.3, 0.4) is 0 Å². The number of esters is 1. The number of fused-ring (bicyclic) bond motifs is 2. The first kappa shape index (κ1) is 26.8. The molecule has 0 aliphatic heterocycles. The van der Waals surface area contributed by atoms with E-state index in [0.717, 1.165) is 36.7 Å². The molecule has 3 heterocycles. The minimum atomic E-state index is -0.587. The second-order valence-electron chi connectivity index (χ2n) is 10.4. The summed E-state index contributed by atoms with van der Waals surface area (Å²) in [6, 6.07) is 14.6. The van der Waals surface area contributed by atoms with E-state index in [4.69, 9.17) is 20.9 Å². The summed E-state index contributed by atoms with van der Waals surface area (Å²) in [7, 11) is 1.29. The number of carbonyl (C=O) groups is 2. The van der Waals surface area contributed by atoms with Crippen molar-refractivity contribution >= 4 is 45.5 Å². The molecule has 1 amide bonds. The summed E-state index contributed by atoms with van der Waals surface area (Å²) in [5, 5.41) is 7.92. The van der Waals surface area contributed by atoms with Gasteiger partial charge in [0.1, 0.15) is 0 Å². The van der Waals surface area contributed by atoms with Crippen molar-refractivity contribution in [2.24, 2.45) is 5.92 Å². The number of rotatable bonds is 6. The molecule has 1 aliphatic carbocycles. The van der Waals surface area contributed by atoms with E-state index in [1.54, 1.807) is 35.8 Å². The van der Waals surface area contributed by atoms with Gasteiger partial charge < -0.3 is 14.6 Å². The lowest BCUT2D eigenvalue weighted by molar-refractivity contribution is 0.0591. The van der Waals surface area contributed by atoms with Crippen LogP contribution in [0.25, 0.3) is 27.7 Å². The van der Waals surface area contributed by atoms with Gasteiger partial charge in [-0.2, -0.15) is 0 Å². The Bertz CT molecular complexity index is 1850. The Kier molecular flexibility index (Phi) is 7.08. The van der Waals surface area contributed by atoms with E-state index in [1.165, 1.54) is 13.3 Å². The van der Waals surface area contributed by atoms with Crippen molar-refractivity contribution < 1.29 is 18.8 Å². The highest BCUT2D eigenvalue weighted by Gasteiger charge is 2.26. The van der Waals surface area contributed by atoms with Gasteiger partial charge in [-0.15, -0.1) is 0 Å². The Hall–Kier alpha value is -4.44. The van der Waals surface area contributed by atoms with Gasteiger partial charge in [0.15, 0.2) is 11.3 Å². The molecule has 0 unspecified atom stereocenters. The Morgan fingerprint density at radius 2 is 1.85 bits per heavy atom. The number of aryl methyl sites for hydroxylation is 1. The summed E-state index contributed by atoms with van der Waals surface area (Å²) in [5.74, 6) is -0.465. The number of methoxy groups -OCH3 is 1. The quantitative estimate of drug-likeness (QED) is 0.282. The number of amides is 1. The molecule has 210 valence electrons. The minimum absolute atomic E-state index is 0.0544. The Morgan fingerprint density at radius 1 is 1.10 bits per heavy atom. The molecule has 1 N–H and O–H groups in total. The number of carbonyl (C=O) groups excluding carboxylic acids is 2. The molecule has 0 bridgehead atoms. The second-order valence-corrected chi connectivity index (χ2v) is 10.8. The summed E-state index contributed by atoms with van der Waals surface area (Å²) in [6.07, 6.45) is 4.93. The van der Waals surface area contributed by atoms with E-state index in [0.29, 0.717) is 39.5 Å². The standard InChI is InChI=1S/C30H28ClN5O5/c1-17-23(13-19(31)15-32-17)28(37)33-20-9-7-18(8-10-20)16-35-24-5-3-4-6-25(24)36(30(35)39)21-11-12-22-26(14-21)41-34-27(22)29(38)40-2/h3-6,11-15,18,20H,7-10,16H2,1-2H3,(H,33,37). The molecule has 2 aromatic carbocycles. The van der Waals surface area contributed by atoms with Crippen LogP contribution in [0.1, 0.15) is 52.2 Å². The van der Waals surface area contributed by atoms with E-state index in [1.807, 2.05) is 28.8 Å². The molecule has 10 nitrogen and oxygen atoms in total. The monoisotopic (exact) mass is 573 g/mol. The first-order valence-corrected chi connectivity index (χ1v) is 13.8. The third kappa shape index (κ3) is 4.99. The highest BCUT2D eigenvalue weighted by atomic mass is 35.5. The average molecular weight is 574 g/mol. The number of aromatic nitrogens is 4. The number of para-hydroxylation sites is 2. The van der Waals surface area contributed by atoms with Gasteiger partial charge in [-0.1, -0.05) is 28.9 Å². The number of benzene rings is 2. The minimum Gasteiger partial charge on any atom is -0.464 e. The molecule has 5 aromatic rings. The number of hydrogen-bond donors (Lipinski definition) is 1. The zero-order chi connectivity index (χ0) is 28.7. The molecule has 1 saturated carbocycles. The maximum absolute atomic E-state index is 13.8. The summed E-state index contributed by atoms with van der Waals surface area (Å²) in [4.78, 5) is 42.8. The largest absolute Gasteiger partial charge is 0.464 e. The SMILES string of the molecule is COC(=O)c1noc2cc(-n3c(=O)n(CC4CCC(NC(=O)c5cc(Cl)cnc5C)CC4)c4ccccc43)ccc12. The molecule has 6 rings (SSSR count). The van der Waals surface area contributed by atoms with Crippen LogP contribution in [-0.4, -0.2) is 44.3 Å². The molecule has 1 fully saturated rings. The predicted molar refractivity (Wildman–Crippen MR) is 154 cm³/mol. The fraction of sp³-hybridized carbons (Fsp3) is 0.300. The van der Waals surface area contributed by atoms with Crippen LogP contribution >= 0.6 is 11.6 Å². The first-order valence-electron chi connectivity index (χ1n) is 13.5. The summed E-state index contributed by atoms with van der Waals surface area (Å²) < 4.78 is 13.6. The van der Waals surface area contributed by atoms with Crippen molar-refractivity contribution in [2.45, 2.75) is 45.2 Å². The maximum atomic E-state index is 13.8. The van der Waals surface area contributed by atoms with Crippen molar-refractivity contribution in [3.05, 3.63) is 87.2 Å². The summed E-state index contributed by atoms with van der Waals surface area (Å²) >= 11 is 6.04. The van der Waals surface area contributed by atoms with Crippen molar-refractivity contribution in [3.63, 3.8) is 0 Å². The van der Waals surface area contributed by atoms with Crippen LogP contribution in [0.5, 0.6) is 0 Å². The average Bonchev–Trinajstić information content (AvgIpc) is 3.53. The highest BCUT2D eigenvalue weighted by molar-refractivity contribution is 6.30. The lowest BCUT2D eigenvalue weighted by Crippen LogP contribution is -2.39. The van der Waals surface area contributed by atoms with Gasteiger partial charge in [-0.3, -0.25) is 18.9 Å². The van der Waals surface area contributed by atoms with E-state index in [-0.39, 0.29) is 29.3 Å². The number of hydrogen-bond acceptors (Lipinski definition) is 7. The molecule has 0 saturated heterocycles. The van der Waals surface area contributed by atoms with Crippen LogP contribution in [0.15, 0.2) is 64.0 Å². The van der Waals surface area contributed by atoms with E-state index < -0.39 is 5.97 Å². The molecule has 1 aliphatic rings. The smallest absolute Gasteiger partial charge is 0.360 e. The Balaban J connectivity index is 1.21. The maximum Gasteiger partial charge on any atom is 0.360 e. The van der Waals surface area contributed by atoms with Crippen molar-refractivity contribution in [1.29, 1.82) is 0 Å². The Morgan fingerprint density at radius 3 is 2.61 bits per heavy atom. The molecule has 0 spiro atoms. The number of ether oxygens (including phenoxy) is 1. The zero-order valence-electron chi connectivity index (χ0n) is 22.6. The van der Waals surface area contributed by atoms with E-state index >= 15 is 0 Å². The first-order chi connectivity index (χ1) is 19.8. The topological polar surface area (TPSA) is 121 Å². The Labute approximate surface area is 239 Å². The number of imidazole rings is 1.